The molecule has 0 amide bonds. The van der Waals surface area contributed by atoms with E-state index in [1.54, 1.807) is 14.2 Å². The summed E-state index contributed by atoms with van der Waals surface area (Å²) in [5.74, 6) is 0.766. The summed E-state index contributed by atoms with van der Waals surface area (Å²) in [6.07, 6.45) is 5.98. The zero-order chi connectivity index (χ0) is 14.1. The molecule has 0 bridgehead atoms. The van der Waals surface area contributed by atoms with Crippen LogP contribution in [-0.4, -0.2) is 57.5 Å². The van der Waals surface area contributed by atoms with Gasteiger partial charge in [-0.2, -0.15) is 0 Å². The SMILES string of the molecule is COCCCN(CCOC)CC1(N)CCCC(C)C1. The van der Waals surface area contributed by atoms with Crippen molar-refractivity contribution in [3.05, 3.63) is 0 Å². The largest absolute Gasteiger partial charge is 0.385 e. The molecule has 0 aromatic heterocycles. The van der Waals surface area contributed by atoms with E-state index in [4.69, 9.17) is 15.2 Å². The van der Waals surface area contributed by atoms with Crippen molar-refractivity contribution in [2.45, 2.75) is 44.6 Å². The molecule has 114 valence electrons. The second-order valence-corrected chi connectivity index (χ2v) is 6.18. The summed E-state index contributed by atoms with van der Waals surface area (Å²) in [6.45, 7) is 6.92. The lowest BCUT2D eigenvalue weighted by atomic mass is 9.77. The van der Waals surface area contributed by atoms with Gasteiger partial charge in [0.15, 0.2) is 0 Å². The van der Waals surface area contributed by atoms with Gasteiger partial charge in [-0.25, -0.2) is 0 Å². The maximum absolute atomic E-state index is 6.61. The molecule has 4 heteroatoms. The van der Waals surface area contributed by atoms with E-state index in [9.17, 15) is 0 Å². The van der Waals surface area contributed by atoms with Gasteiger partial charge in [-0.05, 0) is 25.2 Å². The Labute approximate surface area is 118 Å². The minimum absolute atomic E-state index is 0.00151. The van der Waals surface area contributed by atoms with Crippen molar-refractivity contribution in [2.75, 3.05) is 47.1 Å². The van der Waals surface area contributed by atoms with Crippen LogP contribution in [-0.2, 0) is 9.47 Å². The summed E-state index contributed by atoms with van der Waals surface area (Å²) in [5, 5.41) is 0. The Hall–Kier alpha value is -0.160. The molecule has 2 N–H and O–H groups in total. The molecule has 0 aliphatic heterocycles. The number of nitrogens with two attached hydrogens (primary N) is 1. The van der Waals surface area contributed by atoms with E-state index in [0.717, 1.165) is 58.0 Å². The number of hydrogen-bond acceptors (Lipinski definition) is 4. The van der Waals surface area contributed by atoms with Crippen molar-refractivity contribution in [2.24, 2.45) is 11.7 Å². The monoisotopic (exact) mass is 272 g/mol. The molecule has 0 radical (unpaired) electrons. The fourth-order valence-corrected chi connectivity index (χ4v) is 3.21. The molecule has 1 aliphatic rings. The molecule has 0 saturated heterocycles. The maximum atomic E-state index is 6.61. The second-order valence-electron chi connectivity index (χ2n) is 6.18. The summed E-state index contributed by atoms with van der Waals surface area (Å²) >= 11 is 0. The fourth-order valence-electron chi connectivity index (χ4n) is 3.21. The molecule has 0 aromatic carbocycles. The highest BCUT2D eigenvalue weighted by Gasteiger charge is 2.32. The highest BCUT2D eigenvalue weighted by atomic mass is 16.5. The van der Waals surface area contributed by atoms with E-state index < -0.39 is 0 Å². The lowest BCUT2D eigenvalue weighted by Crippen LogP contribution is -2.53. The topological polar surface area (TPSA) is 47.7 Å². The smallest absolute Gasteiger partial charge is 0.0589 e. The molecule has 4 nitrogen and oxygen atoms in total. The normalized spacial score (nSPS) is 27.9. The molecule has 1 rings (SSSR count). The summed E-state index contributed by atoms with van der Waals surface area (Å²) in [5.41, 5.74) is 6.61. The van der Waals surface area contributed by atoms with Gasteiger partial charge in [0.25, 0.3) is 0 Å². The zero-order valence-corrected chi connectivity index (χ0v) is 13.0. The third kappa shape index (κ3) is 6.70. The number of hydrogen-bond donors (Lipinski definition) is 1. The average Bonchev–Trinajstić information content (AvgIpc) is 2.35. The van der Waals surface area contributed by atoms with Crippen molar-refractivity contribution in [3.8, 4) is 0 Å². The Morgan fingerprint density at radius 2 is 1.95 bits per heavy atom. The molecule has 1 fully saturated rings. The first-order valence-corrected chi connectivity index (χ1v) is 7.59. The van der Waals surface area contributed by atoms with Crippen LogP contribution < -0.4 is 5.73 Å². The number of nitrogens with zero attached hydrogens (tertiary/aromatic N) is 1. The quantitative estimate of drug-likeness (QED) is 0.651. The van der Waals surface area contributed by atoms with Gasteiger partial charge in [-0.3, -0.25) is 4.90 Å². The third-order valence-corrected chi connectivity index (χ3v) is 4.10. The highest BCUT2D eigenvalue weighted by Crippen LogP contribution is 2.31. The molecular formula is C15H32N2O2. The first-order chi connectivity index (χ1) is 9.09. The molecule has 1 aliphatic carbocycles. The van der Waals surface area contributed by atoms with Gasteiger partial charge in [-0.15, -0.1) is 0 Å². The minimum Gasteiger partial charge on any atom is -0.385 e. The standard InChI is InChI=1S/C15H32N2O2/c1-14-6-4-7-15(16,12-14)13-17(9-11-19-3)8-5-10-18-2/h14H,4-13,16H2,1-3H3. The highest BCUT2D eigenvalue weighted by molar-refractivity contribution is 4.92. The van der Waals surface area contributed by atoms with Crippen LogP contribution in [0.15, 0.2) is 0 Å². The Kier molecular flexibility index (Phi) is 7.91. The molecule has 2 atom stereocenters. The molecule has 0 spiro atoms. The van der Waals surface area contributed by atoms with E-state index in [0.29, 0.717) is 0 Å². The van der Waals surface area contributed by atoms with Crippen molar-refractivity contribution in [3.63, 3.8) is 0 Å². The Bertz CT molecular complexity index is 238. The lowest BCUT2D eigenvalue weighted by Gasteiger charge is -2.40. The zero-order valence-electron chi connectivity index (χ0n) is 13.0. The van der Waals surface area contributed by atoms with Gasteiger partial charge in [0.1, 0.15) is 0 Å². The fraction of sp³-hybridized carbons (Fsp3) is 1.00. The van der Waals surface area contributed by atoms with Gasteiger partial charge in [0.05, 0.1) is 6.61 Å². The van der Waals surface area contributed by atoms with Gasteiger partial charge in [-0.1, -0.05) is 19.8 Å². The van der Waals surface area contributed by atoms with Crippen LogP contribution >= 0.6 is 0 Å². The first-order valence-electron chi connectivity index (χ1n) is 7.59. The molecule has 2 unspecified atom stereocenters. The van der Waals surface area contributed by atoms with Gasteiger partial charge >= 0.3 is 0 Å². The Morgan fingerprint density at radius 3 is 2.58 bits per heavy atom. The number of rotatable bonds is 9. The maximum Gasteiger partial charge on any atom is 0.0589 e. The minimum atomic E-state index is -0.00151. The van der Waals surface area contributed by atoms with Crippen LogP contribution in [0.5, 0.6) is 0 Å². The van der Waals surface area contributed by atoms with Crippen LogP contribution in [0.25, 0.3) is 0 Å². The van der Waals surface area contributed by atoms with E-state index in [1.807, 2.05) is 0 Å². The number of ether oxygens (including phenoxy) is 2. The van der Waals surface area contributed by atoms with Gasteiger partial charge in [0.2, 0.25) is 0 Å². The van der Waals surface area contributed by atoms with Crippen LogP contribution in [0.3, 0.4) is 0 Å². The summed E-state index contributed by atoms with van der Waals surface area (Å²) in [6, 6.07) is 0. The van der Waals surface area contributed by atoms with Crippen molar-refractivity contribution >= 4 is 0 Å². The third-order valence-electron chi connectivity index (χ3n) is 4.10. The predicted octanol–water partition coefficient (Wildman–Crippen LogP) is 1.88. The average molecular weight is 272 g/mol. The van der Waals surface area contributed by atoms with Gasteiger partial charge in [0, 0.05) is 46.0 Å². The molecule has 0 aromatic rings. The molecule has 0 heterocycles. The summed E-state index contributed by atoms with van der Waals surface area (Å²) in [4.78, 5) is 2.44. The van der Waals surface area contributed by atoms with E-state index >= 15 is 0 Å². The van der Waals surface area contributed by atoms with E-state index in [-0.39, 0.29) is 5.54 Å². The summed E-state index contributed by atoms with van der Waals surface area (Å²) in [7, 11) is 3.51. The molecule has 19 heavy (non-hydrogen) atoms. The number of methoxy groups -OCH3 is 2. The molecular weight excluding hydrogens is 240 g/mol. The van der Waals surface area contributed by atoms with Crippen molar-refractivity contribution in [1.29, 1.82) is 0 Å². The Balaban J connectivity index is 2.44. The predicted molar refractivity (Wildman–Crippen MR) is 79.4 cm³/mol. The van der Waals surface area contributed by atoms with Gasteiger partial charge < -0.3 is 15.2 Å². The van der Waals surface area contributed by atoms with Crippen LogP contribution in [0, 0.1) is 5.92 Å². The van der Waals surface area contributed by atoms with Crippen molar-refractivity contribution < 1.29 is 9.47 Å². The van der Waals surface area contributed by atoms with Crippen LogP contribution in [0.4, 0.5) is 0 Å². The second kappa shape index (κ2) is 8.90. The van der Waals surface area contributed by atoms with Crippen LogP contribution in [0.1, 0.15) is 39.0 Å². The van der Waals surface area contributed by atoms with E-state index in [1.165, 1.54) is 12.8 Å². The first kappa shape index (κ1) is 16.9. The lowest BCUT2D eigenvalue weighted by molar-refractivity contribution is 0.100. The molecule has 1 saturated carbocycles. The van der Waals surface area contributed by atoms with Crippen molar-refractivity contribution in [1.82, 2.24) is 4.90 Å². The van der Waals surface area contributed by atoms with E-state index in [2.05, 4.69) is 11.8 Å². The Morgan fingerprint density at radius 1 is 1.21 bits per heavy atom. The van der Waals surface area contributed by atoms with Crippen LogP contribution in [0.2, 0.25) is 0 Å². The summed E-state index contributed by atoms with van der Waals surface area (Å²) < 4.78 is 10.3.